The van der Waals surface area contributed by atoms with Crippen LogP contribution in [-0.4, -0.2) is 25.1 Å². The maximum absolute atomic E-state index is 12.9. The Morgan fingerprint density at radius 2 is 1.96 bits per heavy atom. The molecule has 144 valence electrons. The van der Waals surface area contributed by atoms with Gasteiger partial charge < -0.3 is 14.8 Å². The van der Waals surface area contributed by atoms with Gasteiger partial charge in [-0.1, -0.05) is 24.3 Å². The molecule has 0 fully saturated rings. The lowest BCUT2D eigenvalue weighted by atomic mass is 10.1. The van der Waals surface area contributed by atoms with Gasteiger partial charge in [0, 0.05) is 6.54 Å². The predicted octanol–water partition coefficient (Wildman–Crippen LogP) is 2.99. The van der Waals surface area contributed by atoms with Gasteiger partial charge >= 0.3 is 5.97 Å². The second kappa shape index (κ2) is 9.88. The first kappa shape index (κ1) is 20.6. The van der Waals surface area contributed by atoms with Crippen LogP contribution in [0.25, 0.3) is 6.08 Å². The van der Waals surface area contributed by atoms with Crippen molar-refractivity contribution in [3.05, 3.63) is 71.0 Å². The van der Waals surface area contributed by atoms with Crippen molar-refractivity contribution in [2.75, 3.05) is 7.11 Å². The third-order valence-electron chi connectivity index (χ3n) is 3.78. The molecule has 0 saturated carbocycles. The van der Waals surface area contributed by atoms with Crippen molar-refractivity contribution in [3.63, 3.8) is 0 Å². The van der Waals surface area contributed by atoms with Gasteiger partial charge in [-0.3, -0.25) is 4.79 Å². The van der Waals surface area contributed by atoms with Crippen LogP contribution in [0, 0.1) is 17.1 Å². The number of nitriles is 1. The SMILES string of the molecule is COc1cccc(/C=C(\C#N)C(=O)O[C@@H](C)C(=O)NCc2ccc(F)cc2)c1. The fourth-order valence-electron chi connectivity index (χ4n) is 2.25. The maximum atomic E-state index is 12.9. The van der Waals surface area contributed by atoms with E-state index in [4.69, 9.17) is 9.47 Å². The zero-order chi connectivity index (χ0) is 20.5. The molecule has 0 unspecified atom stereocenters. The van der Waals surface area contributed by atoms with E-state index in [0.29, 0.717) is 16.9 Å². The zero-order valence-corrected chi connectivity index (χ0v) is 15.4. The molecular weight excluding hydrogens is 363 g/mol. The Kier molecular flexibility index (Phi) is 7.28. The van der Waals surface area contributed by atoms with E-state index in [1.807, 2.05) is 0 Å². The fraction of sp³-hybridized carbons (Fsp3) is 0.190. The molecule has 2 aromatic rings. The van der Waals surface area contributed by atoms with Gasteiger partial charge in [-0.15, -0.1) is 0 Å². The van der Waals surface area contributed by atoms with Crippen LogP contribution in [0.5, 0.6) is 5.75 Å². The average Bonchev–Trinajstić information content (AvgIpc) is 2.71. The first-order chi connectivity index (χ1) is 13.4. The van der Waals surface area contributed by atoms with Gasteiger partial charge in [0.25, 0.3) is 5.91 Å². The summed E-state index contributed by atoms with van der Waals surface area (Å²) < 4.78 is 23.0. The molecular formula is C21H19FN2O4. The lowest BCUT2D eigenvalue weighted by molar-refractivity contribution is -0.150. The second-order valence-corrected chi connectivity index (χ2v) is 5.84. The van der Waals surface area contributed by atoms with E-state index in [1.54, 1.807) is 30.3 Å². The van der Waals surface area contributed by atoms with Crippen molar-refractivity contribution in [1.82, 2.24) is 5.32 Å². The van der Waals surface area contributed by atoms with E-state index in [1.165, 1.54) is 44.4 Å². The smallest absolute Gasteiger partial charge is 0.349 e. The molecule has 0 aliphatic carbocycles. The van der Waals surface area contributed by atoms with Crippen molar-refractivity contribution < 1.29 is 23.5 Å². The highest BCUT2D eigenvalue weighted by Gasteiger charge is 2.20. The van der Waals surface area contributed by atoms with Gasteiger partial charge in [0.05, 0.1) is 7.11 Å². The number of nitrogens with one attached hydrogen (secondary N) is 1. The van der Waals surface area contributed by atoms with Gasteiger partial charge in [0.2, 0.25) is 0 Å². The molecule has 1 N–H and O–H groups in total. The van der Waals surface area contributed by atoms with Gasteiger partial charge in [-0.05, 0) is 48.4 Å². The number of rotatable bonds is 7. The van der Waals surface area contributed by atoms with Crippen LogP contribution in [0.2, 0.25) is 0 Å². The normalized spacial score (nSPS) is 11.9. The molecule has 0 spiro atoms. The number of carbonyl (C=O) groups excluding carboxylic acids is 2. The van der Waals surface area contributed by atoms with Gasteiger partial charge in [0.15, 0.2) is 6.10 Å². The van der Waals surface area contributed by atoms with Crippen LogP contribution in [0.1, 0.15) is 18.1 Å². The van der Waals surface area contributed by atoms with Gasteiger partial charge in [0.1, 0.15) is 23.2 Å². The van der Waals surface area contributed by atoms with Crippen LogP contribution < -0.4 is 10.1 Å². The number of hydrogen-bond donors (Lipinski definition) is 1. The minimum absolute atomic E-state index is 0.158. The Morgan fingerprint density at radius 3 is 2.61 bits per heavy atom. The summed E-state index contributed by atoms with van der Waals surface area (Å²) in [6, 6.07) is 14.2. The standard InChI is InChI=1S/C21H19FN2O4/c1-14(20(25)24-13-15-6-8-18(22)9-7-15)28-21(26)17(12-23)10-16-4-3-5-19(11-16)27-2/h3-11,14H,13H2,1-2H3,(H,24,25)/b17-10+/t14-/m0/s1. The predicted molar refractivity (Wildman–Crippen MR) is 100 cm³/mol. The molecule has 0 saturated heterocycles. The Bertz CT molecular complexity index is 917. The molecule has 2 rings (SSSR count). The molecule has 7 heteroatoms. The molecule has 0 heterocycles. The Balaban J connectivity index is 1.96. The topological polar surface area (TPSA) is 88.4 Å². The first-order valence-corrected chi connectivity index (χ1v) is 8.42. The molecule has 0 bridgehead atoms. The Hall–Kier alpha value is -3.66. The highest BCUT2D eigenvalue weighted by Crippen LogP contribution is 2.16. The van der Waals surface area contributed by atoms with Gasteiger partial charge in [-0.25, -0.2) is 9.18 Å². The molecule has 0 radical (unpaired) electrons. The molecule has 0 aliphatic rings. The van der Waals surface area contributed by atoms with E-state index in [9.17, 15) is 19.2 Å². The summed E-state index contributed by atoms with van der Waals surface area (Å²) in [6.07, 6.45) is 0.253. The first-order valence-electron chi connectivity index (χ1n) is 8.42. The van der Waals surface area contributed by atoms with Crippen molar-refractivity contribution in [2.24, 2.45) is 0 Å². The summed E-state index contributed by atoms with van der Waals surface area (Å²) in [7, 11) is 1.51. The number of halogens is 1. The average molecular weight is 382 g/mol. The van der Waals surface area contributed by atoms with Crippen LogP contribution >= 0.6 is 0 Å². The molecule has 1 amide bonds. The molecule has 2 aromatic carbocycles. The Labute approximate surface area is 162 Å². The molecule has 1 atom stereocenters. The van der Waals surface area contributed by atoms with Crippen molar-refractivity contribution in [1.29, 1.82) is 5.26 Å². The van der Waals surface area contributed by atoms with Crippen LogP contribution in [0.15, 0.2) is 54.1 Å². The lowest BCUT2D eigenvalue weighted by Crippen LogP contribution is -2.35. The summed E-state index contributed by atoms with van der Waals surface area (Å²) in [5, 5.41) is 11.8. The fourth-order valence-corrected chi connectivity index (χ4v) is 2.25. The van der Waals surface area contributed by atoms with Gasteiger partial charge in [-0.2, -0.15) is 5.26 Å². The van der Waals surface area contributed by atoms with Crippen LogP contribution in [0.4, 0.5) is 4.39 Å². The molecule has 28 heavy (non-hydrogen) atoms. The zero-order valence-electron chi connectivity index (χ0n) is 15.4. The second-order valence-electron chi connectivity index (χ2n) is 5.84. The Morgan fingerprint density at radius 1 is 1.25 bits per heavy atom. The van der Waals surface area contributed by atoms with E-state index >= 15 is 0 Å². The molecule has 0 aliphatic heterocycles. The highest BCUT2D eigenvalue weighted by molar-refractivity contribution is 5.99. The largest absolute Gasteiger partial charge is 0.497 e. The van der Waals surface area contributed by atoms with Crippen LogP contribution in [0.3, 0.4) is 0 Å². The molecule has 6 nitrogen and oxygen atoms in total. The number of nitrogens with zero attached hydrogens (tertiary/aromatic N) is 1. The van der Waals surface area contributed by atoms with Crippen LogP contribution in [-0.2, 0) is 20.9 Å². The monoisotopic (exact) mass is 382 g/mol. The van der Waals surface area contributed by atoms with E-state index in [2.05, 4.69) is 5.32 Å². The summed E-state index contributed by atoms with van der Waals surface area (Å²) in [5.74, 6) is -1.23. The number of ether oxygens (including phenoxy) is 2. The minimum atomic E-state index is -1.10. The number of carbonyl (C=O) groups is 2. The van der Waals surface area contributed by atoms with E-state index < -0.39 is 18.0 Å². The maximum Gasteiger partial charge on any atom is 0.349 e. The summed E-state index contributed by atoms with van der Waals surface area (Å²) in [6.45, 7) is 1.56. The quantitative estimate of drug-likeness (QED) is 0.452. The number of esters is 1. The van der Waals surface area contributed by atoms with E-state index in [-0.39, 0.29) is 17.9 Å². The highest BCUT2D eigenvalue weighted by atomic mass is 19.1. The van der Waals surface area contributed by atoms with Crippen molar-refractivity contribution in [2.45, 2.75) is 19.6 Å². The van der Waals surface area contributed by atoms with Crippen molar-refractivity contribution in [3.8, 4) is 11.8 Å². The summed E-state index contributed by atoms with van der Waals surface area (Å²) in [5.41, 5.74) is 1.04. The number of methoxy groups -OCH3 is 1. The lowest BCUT2D eigenvalue weighted by Gasteiger charge is -2.13. The number of amides is 1. The summed E-state index contributed by atoms with van der Waals surface area (Å²) in [4.78, 5) is 24.3. The third kappa shape index (κ3) is 5.95. The number of hydrogen-bond acceptors (Lipinski definition) is 5. The van der Waals surface area contributed by atoms with Crippen molar-refractivity contribution >= 4 is 18.0 Å². The third-order valence-corrected chi connectivity index (χ3v) is 3.78. The molecule has 0 aromatic heterocycles. The van der Waals surface area contributed by atoms with E-state index in [0.717, 1.165) is 0 Å². The number of benzene rings is 2. The minimum Gasteiger partial charge on any atom is -0.497 e. The summed E-state index contributed by atoms with van der Waals surface area (Å²) >= 11 is 0.